The summed E-state index contributed by atoms with van der Waals surface area (Å²) in [6.45, 7) is 12.3. The van der Waals surface area contributed by atoms with Crippen LogP contribution < -0.4 is 0 Å². The lowest BCUT2D eigenvalue weighted by molar-refractivity contribution is -0.485. The standard InChI is InChI=1S/C27H46N2O2/c1-18(2)9-8-10-19(3)21-12-13-22-25-23(14-16-27(21,22)5)26(4)15-7-6-11-20(26)17-24(25)28-29(30)31/h18-23,25H,6-17H2,1-5H3/b28-24+/t19-,20-,21+,22-,23+,25+,26+,27+/m1/s1. The molecule has 0 bridgehead atoms. The third kappa shape index (κ3) is 4.10. The predicted molar refractivity (Wildman–Crippen MR) is 127 cm³/mol. The molecule has 176 valence electrons. The van der Waals surface area contributed by atoms with Crippen molar-refractivity contribution in [1.29, 1.82) is 0 Å². The summed E-state index contributed by atoms with van der Waals surface area (Å²) in [7, 11) is 0. The molecule has 0 spiro atoms. The second-order valence-electron chi connectivity index (χ2n) is 12.8. The van der Waals surface area contributed by atoms with Crippen molar-refractivity contribution >= 4 is 5.71 Å². The van der Waals surface area contributed by atoms with Crippen molar-refractivity contribution in [3.05, 3.63) is 10.1 Å². The van der Waals surface area contributed by atoms with Crippen LogP contribution in [0.3, 0.4) is 0 Å². The summed E-state index contributed by atoms with van der Waals surface area (Å²) >= 11 is 0. The van der Waals surface area contributed by atoms with Crippen molar-refractivity contribution < 1.29 is 5.03 Å². The van der Waals surface area contributed by atoms with Gasteiger partial charge in [0.15, 0.2) is 5.03 Å². The highest BCUT2D eigenvalue weighted by atomic mass is 16.7. The van der Waals surface area contributed by atoms with E-state index in [1.165, 1.54) is 70.6 Å². The summed E-state index contributed by atoms with van der Waals surface area (Å²) in [5, 5.41) is 15.2. The van der Waals surface area contributed by atoms with Crippen LogP contribution in [0.2, 0.25) is 0 Å². The smallest absolute Gasteiger partial charge is 0.190 e. The Bertz CT molecular complexity index is 703. The summed E-state index contributed by atoms with van der Waals surface area (Å²) in [5.74, 6) is 4.51. The molecule has 0 unspecified atom stereocenters. The average molecular weight is 431 g/mol. The molecule has 0 heterocycles. The van der Waals surface area contributed by atoms with Gasteiger partial charge >= 0.3 is 0 Å². The normalized spacial score (nSPS) is 44.6. The first-order valence-corrected chi connectivity index (χ1v) is 13.4. The van der Waals surface area contributed by atoms with Gasteiger partial charge in [0, 0.05) is 5.92 Å². The molecule has 0 aromatic carbocycles. The first kappa shape index (κ1) is 23.2. The maximum absolute atomic E-state index is 11.5. The molecular formula is C27H46N2O2. The quantitative estimate of drug-likeness (QED) is 0.319. The maximum Gasteiger partial charge on any atom is 0.190 e. The Balaban J connectivity index is 1.60. The minimum Gasteiger partial charge on any atom is -0.233 e. The SMILES string of the molecule is CC(C)CCC[C@@H](C)[C@@H]1CC[C@@H]2[C@@H]3/C(=N/[N+](=O)[O-])C[C@H]4CCCC[C@]4(C)[C@H]3CC[C@]21C. The third-order valence-corrected chi connectivity index (χ3v) is 10.8. The van der Waals surface area contributed by atoms with Gasteiger partial charge in [0.05, 0.1) is 10.8 Å². The molecule has 0 N–H and O–H groups in total. The molecule has 0 aromatic rings. The predicted octanol–water partition coefficient (Wildman–Crippen LogP) is 7.74. The molecule has 8 atom stereocenters. The zero-order valence-electron chi connectivity index (χ0n) is 20.7. The fraction of sp³-hybridized carbons (Fsp3) is 0.963. The van der Waals surface area contributed by atoms with E-state index < -0.39 is 0 Å². The summed E-state index contributed by atoms with van der Waals surface area (Å²) in [6.07, 6.45) is 15.3. The number of hydrazone groups is 1. The van der Waals surface area contributed by atoms with Gasteiger partial charge in [-0.3, -0.25) is 0 Å². The molecule has 0 amide bonds. The van der Waals surface area contributed by atoms with E-state index in [-0.39, 0.29) is 5.03 Å². The first-order chi connectivity index (χ1) is 14.7. The highest BCUT2D eigenvalue weighted by Crippen LogP contribution is 2.67. The first-order valence-electron chi connectivity index (χ1n) is 13.4. The Morgan fingerprint density at radius 2 is 1.74 bits per heavy atom. The Hall–Kier alpha value is -0.930. The van der Waals surface area contributed by atoms with Gasteiger partial charge in [-0.05, 0) is 91.3 Å². The molecule has 0 saturated heterocycles. The van der Waals surface area contributed by atoms with Gasteiger partial charge < -0.3 is 0 Å². The molecule has 4 aliphatic rings. The van der Waals surface area contributed by atoms with E-state index in [0.29, 0.717) is 34.5 Å². The molecule has 0 radical (unpaired) electrons. The van der Waals surface area contributed by atoms with Crippen LogP contribution in [0.4, 0.5) is 0 Å². The van der Waals surface area contributed by atoms with Crippen molar-refractivity contribution in [1.82, 2.24) is 0 Å². The number of nitro groups is 1. The zero-order chi connectivity index (χ0) is 22.4. The van der Waals surface area contributed by atoms with Gasteiger partial charge in [-0.2, -0.15) is 0 Å². The van der Waals surface area contributed by atoms with Crippen molar-refractivity contribution in [2.24, 2.45) is 57.4 Å². The molecular weight excluding hydrogens is 384 g/mol. The maximum atomic E-state index is 11.5. The number of hydrogen-bond donors (Lipinski definition) is 0. The highest BCUT2D eigenvalue weighted by molar-refractivity contribution is 5.88. The Kier molecular flexibility index (Phi) is 6.58. The van der Waals surface area contributed by atoms with E-state index >= 15 is 0 Å². The lowest BCUT2D eigenvalue weighted by Crippen LogP contribution is -2.56. The van der Waals surface area contributed by atoms with Crippen molar-refractivity contribution in [2.75, 3.05) is 0 Å². The fourth-order valence-corrected chi connectivity index (χ4v) is 9.22. The van der Waals surface area contributed by atoms with Gasteiger partial charge in [-0.15, -0.1) is 0 Å². The van der Waals surface area contributed by atoms with E-state index in [1.54, 1.807) is 0 Å². The molecule has 4 nitrogen and oxygen atoms in total. The van der Waals surface area contributed by atoms with E-state index in [1.807, 2.05) is 0 Å². The number of hydrogen-bond acceptors (Lipinski definition) is 2. The van der Waals surface area contributed by atoms with Crippen LogP contribution >= 0.6 is 0 Å². The Labute approximate surface area is 190 Å². The van der Waals surface area contributed by atoms with Crippen LogP contribution in [0.25, 0.3) is 0 Å². The molecule has 4 saturated carbocycles. The second-order valence-corrected chi connectivity index (χ2v) is 12.8. The van der Waals surface area contributed by atoms with Gasteiger partial charge in [0.25, 0.3) is 0 Å². The largest absolute Gasteiger partial charge is 0.233 e. The van der Waals surface area contributed by atoms with E-state index in [0.717, 1.165) is 29.9 Å². The van der Waals surface area contributed by atoms with Gasteiger partial charge in [0.2, 0.25) is 0 Å². The molecule has 0 aliphatic heterocycles. The highest BCUT2D eigenvalue weighted by Gasteiger charge is 2.62. The van der Waals surface area contributed by atoms with Crippen molar-refractivity contribution in [2.45, 2.75) is 112 Å². The topological polar surface area (TPSA) is 55.5 Å². The molecule has 4 rings (SSSR count). The minimum atomic E-state index is -0.384. The minimum absolute atomic E-state index is 0.341. The lowest BCUT2D eigenvalue weighted by Gasteiger charge is -2.60. The summed E-state index contributed by atoms with van der Waals surface area (Å²) in [6, 6.07) is 0. The molecule has 4 fully saturated rings. The third-order valence-electron chi connectivity index (χ3n) is 10.8. The van der Waals surface area contributed by atoms with Crippen molar-refractivity contribution in [3.8, 4) is 0 Å². The molecule has 31 heavy (non-hydrogen) atoms. The second kappa shape index (κ2) is 8.78. The van der Waals surface area contributed by atoms with Gasteiger partial charge in [-0.25, -0.2) is 10.1 Å². The van der Waals surface area contributed by atoms with Crippen LogP contribution in [0, 0.1) is 62.4 Å². The van der Waals surface area contributed by atoms with Crippen LogP contribution in [-0.2, 0) is 0 Å². The van der Waals surface area contributed by atoms with Crippen LogP contribution in [0.15, 0.2) is 5.10 Å². The fourth-order valence-electron chi connectivity index (χ4n) is 9.22. The lowest BCUT2D eigenvalue weighted by atomic mass is 9.44. The average Bonchev–Trinajstić information content (AvgIpc) is 3.04. The molecule has 0 aromatic heterocycles. The number of rotatable bonds is 6. The summed E-state index contributed by atoms with van der Waals surface area (Å²) in [4.78, 5) is 11.5. The summed E-state index contributed by atoms with van der Waals surface area (Å²) < 4.78 is 0. The van der Waals surface area contributed by atoms with Crippen LogP contribution in [0.1, 0.15) is 112 Å². The van der Waals surface area contributed by atoms with Crippen LogP contribution in [-0.4, -0.2) is 10.7 Å². The van der Waals surface area contributed by atoms with Gasteiger partial charge in [0.1, 0.15) is 0 Å². The monoisotopic (exact) mass is 430 g/mol. The van der Waals surface area contributed by atoms with Gasteiger partial charge in [-0.1, -0.05) is 66.7 Å². The number of fused-ring (bicyclic) bond motifs is 5. The van der Waals surface area contributed by atoms with Crippen LogP contribution in [0.5, 0.6) is 0 Å². The van der Waals surface area contributed by atoms with E-state index in [2.05, 4.69) is 39.7 Å². The van der Waals surface area contributed by atoms with E-state index in [4.69, 9.17) is 0 Å². The summed E-state index contributed by atoms with van der Waals surface area (Å²) in [5.41, 5.74) is 1.69. The number of nitrogens with zero attached hydrogens (tertiary/aromatic N) is 2. The Morgan fingerprint density at radius 3 is 2.45 bits per heavy atom. The molecule has 4 heteroatoms. The van der Waals surface area contributed by atoms with Crippen molar-refractivity contribution in [3.63, 3.8) is 0 Å². The van der Waals surface area contributed by atoms with E-state index in [9.17, 15) is 10.1 Å². The Morgan fingerprint density at radius 1 is 1.00 bits per heavy atom. The zero-order valence-corrected chi connectivity index (χ0v) is 20.7. The molecule has 4 aliphatic carbocycles.